The van der Waals surface area contributed by atoms with Gasteiger partial charge in [-0.25, -0.2) is 0 Å². The molecule has 0 fully saturated rings. The molecule has 1 aliphatic heterocycles. The van der Waals surface area contributed by atoms with Crippen LogP contribution in [0.15, 0.2) is 34.9 Å². The van der Waals surface area contributed by atoms with Crippen molar-refractivity contribution < 1.29 is 9.63 Å². The Kier molecular flexibility index (Phi) is 2.88. The largest absolute Gasteiger partial charge is 0.281 e. The fourth-order valence-electron chi connectivity index (χ4n) is 1.55. The van der Waals surface area contributed by atoms with Gasteiger partial charge in [0.05, 0.1) is 7.11 Å². The second-order valence-electron chi connectivity index (χ2n) is 3.20. The molecule has 0 saturated carbocycles. The number of carbonyl (C=O) groups is 1. The molecule has 0 N–H and O–H groups in total. The molecule has 1 amide bonds. The highest BCUT2D eigenvalue weighted by atomic mass is 79.9. The predicted molar refractivity (Wildman–Crippen MR) is 60.2 cm³/mol. The lowest BCUT2D eigenvalue weighted by molar-refractivity contribution is -0.0583. The minimum atomic E-state index is -0.131. The molecule has 0 aliphatic carbocycles. The van der Waals surface area contributed by atoms with Crippen LogP contribution in [0.4, 0.5) is 0 Å². The van der Waals surface area contributed by atoms with Crippen molar-refractivity contribution in [3.05, 3.63) is 46.1 Å². The van der Waals surface area contributed by atoms with E-state index in [2.05, 4.69) is 15.9 Å². The number of hydrogen-bond donors (Lipinski definition) is 0. The van der Waals surface area contributed by atoms with E-state index in [4.69, 9.17) is 4.84 Å². The van der Waals surface area contributed by atoms with Crippen LogP contribution in [-0.4, -0.2) is 18.1 Å². The lowest BCUT2D eigenvalue weighted by Gasteiger charge is -2.14. The Morgan fingerprint density at radius 2 is 2.27 bits per heavy atom. The number of fused-ring (bicyclic) bond motifs is 1. The minimum Gasteiger partial charge on any atom is -0.270 e. The molecule has 0 unspecified atom stereocenters. The van der Waals surface area contributed by atoms with E-state index in [-0.39, 0.29) is 5.91 Å². The van der Waals surface area contributed by atoms with Crippen LogP contribution in [-0.2, 0) is 11.3 Å². The van der Waals surface area contributed by atoms with Crippen molar-refractivity contribution in [1.82, 2.24) is 5.06 Å². The Labute approximate surface area is 96.4 Å². The van der Waals surface area contributed by atoms with E-state index in [1.54, 1.807) is 12.3 Å². The van der Waals surface area contributed by atoms with Gasteiger partial charge >= 0.3 is 0 Å². The molecule has 1 aromatic rings. The monoisotopic (exact) mass is 267 g/mol. The van der Waals surface area contributed by atoms with Crippen LogP contribution < -0.4 is 0 Å². The van der Waals surface area contributed by atoms with Gasteiger partial charge in [0.1, 0.15) is 0 Å². The van der Waals surface area contributed by atoms with Gasteiger partial charge in [0.2, 0.25) is 0 Å². The van der Waals surface area contributed by atoms with Gasteiger partial charge in [-0.05, 0) is 30.2 Å². The number of benzene rings is 1. The first kappa shape index (κ1) is 10.4. The van der Waals surface area contributed by atoms with Gasteiger partial charge in [-0.3, -0.25) is 9.63 Å². The van der Waals surface area contributed by atoms with Crippen LogP contribution in [0.3, 0.4) is 0 Å². The highest BCUT2D eigenvalue weighted by Crippen LogP contribution is 2.21. The number of halogens is 1. The number of hydrogen-bond acceptors (Lipinski definition) is 2. The maximum Gasteiger partial charge on any atom is 0.281 e. The highest BCUT2D eigenvalue weighted by molar-refractivity contribution is 9.10. The quantitative estimate of drug-likeness (QED) is 0.783. The van der Waals surface area contributed by atoms with Crippen molar-refractivity contribution in [2.45, 2.75) is 6.42 Å². The molecular weight excluding hydrogens is 258 g/mol. The molecule has 4 heteroatoms. The summed E-state index contributed by atoms with van der Waals surface area (Å²) in [4.78, 5) is 16.9. The smallest absolute Gasteiger partial charge is 0.270 e. The molecule has 3 nitrogen and oxygen atoms in total. The van der Waals surface area contributed by atoms with Crippen LogP contribution in [0, 0.1) is 0 Å². The van der Waals surface area contributed by atoms with Gasteiger partial charge in [0, 0.05) is 16.2 Å². The summed E-state index contributed by atoms with van der Waals surface area (Å²) in [6.07, 6.45) is 4.29. The van der Waals surface area contributed by atoms with E-state index in [9.17, 15) is 4.79 Å². The molecule has 0 atom stereocenters. The molecule has 0 spiro atoms. The topological polar surface area (TPSA) is 29.5 Å². The molecule has 78 valence electrons. The Hall–Kier alpha value is -1.13. The van der Waals surface area contributed by atoms with Crippen molar-refractivity contribution in [3.63, 3.8) is 0 Å². The molecular formula is C11H10BrNO2. The number of amides is 1. The number of nitrogens with zero attached hydrogens (tertiary/aromatic N) is 1. The van der Waals surface area contributed by atoms with Crippen molar-refractivity contribution in [3.8, 4) is 0 Å². The van der Waals surface area contributed by atoms with E-state index in [0.29, 0.717) is 5.56 Å². The zero-order valence-electron chi connectivity index (χ0n) is 8.24. The maximum absolute atomic E-state index is 11.9. The summed E-state index contributed by atoms with van der Waals surface area (Å²) in [5.41, 5.74) is 1.69. The van der Waals surface area contributed by atoms with Gasteiger partial charge in [0.25, 0.3) is 5.91 Å². The molecule has 1 aliphatic rings. The fourth-order valence-corrected chi connectivity index (χ4v) is 1.95. The first-order chi connectivity index (χ1) is 7.22. The summed E-state index contributed by atoms with van der Waals surface area (Å²) in [6, 6.07) is 5.62. The third-order valence-electron chi connectivity index (χ3n) is 2.27. The number of carbonyl (C=O) groups excluding carboxylic acids is 1. The van der Waals surface area contributed by atoms with E-state index in [1.807, 2.05) is 18.2 Å². The van der Waals surface area contributed by atoms with E-state index in [1.165, 1.54) is 12.2 Å². The third kappa shape index (κ3) is 1.96. The lowest BCUT2D eigenvalue weighted by Crippen LogP contribution is -2.24. The highest BCUT2D eigenvalue weighted by Gasteiger charge is 2.19. The standard InChI is InChI=1S/C11H10BrNO2/c1-15-13-6-2-3-8-7-9(12)4-5-10(8)11(13)14/h2,4-7H,3H2,1H3. The van der Waals surface area contributed by atoms with Crippen LogP contribution in [0.25, 0.3) is 0 Å². The molecule has 15 heavy (non-hydrogen) atoms. The molecule has 0 bridgehead atoms. The van der Waals surface area contributed by atoms with Gasteiger partial charge in [-0.1, -0.05) is 22.0 Å². The molecule has 1 heterocycles. The van der Waals surface area contributed by atoms with Gasteiger partial charge < -0.3 is 0 Å². The van der Waals surface area contributed by atoms with Crippen molar-refractivity contribution in [2.24, 2.45) is 0 Å². The Morgan fingerprint density at radius 3 is 3.00 bits per heavy atom. The van der Waals surface area contributed by atoms with E-state index >= 15 is 0 Å². The van der Waals surface area contributed by atoms with Crippen LogP contribution in [0.1, 0.15) is 15.9 Å². The van der Waals surface area contributed by atoms with Crippen molar-refractivity contribution >= 4 is 21.8 Å². The van der Waals surface area contributed by atoms with Crippen molar-refractivity contribution in [1.29, 1.82) is 0 Å². The molecule has 0 aromatic heterocycles. The maximum atomic E-state index is 11.9. The first-order valence-electron chi connectivity index (χ1n) is 4.55. The second kappa shape index (κ2) is 4.16. The zero-order valence-corrected chi connectivity index (χ0v) is 9.82. The summed E-state index contributed by atoms with van der Waals surface area (Å²) in [6.45, 7) is 0. The van der Waals surface area contributed by atoms with Crippen LogP contribution in [0.5, 0.6) is 0 Å². The van der Waals surface area contributed by atoms with Crippen LogP contribution in [0.2, 0.25) is 0 Å². The Bertz CT molecular complexity index is 429. The molecule has 0 saturated heterocycles. The summed E-state index contributed by atoms with van der Waals surface area (Å²) in [5, 5.41) is 1.24. The molecule has 2 rings (SSSR count). The first-order valence-corrected chi connectivity index (χ1v) is 5.34. The second-order valence-corrected chi connectivity index (χ2v) is 4.12. The zero-order chi connectivity index (χ0) is 10.8. The van der Waals surface area contributed by atoms with Gasteiger partial charge in [0.15, 0.2) is 0 Å². The minimum absolute atomic E-state index is 0.131. The third-order valence-corrected chi connectivity index (χ3v) is 2.77. The molecule has 0 radical (unpaired) electrons. The Morgan fingerprint density at radius 1 is 1.47 bits per heavy atom. The van der Waals surface area contributed by atoms with E-state index in [0.717, 1.165) is 16.5 Å². The number of rotatable bonds is 1. The fraction of sp³-hybridized carbons (Fsp3) is 0.182. The number of allylic oxidation sites excluding steroid dienone is 1. The SMILES string of the molecule is CON1C=CCc2cc(Br)ccc2C1=O. The average molecular weight is 268 g/mol. The Balaban J connectivity index is 2.48. The van der Waals surface area contributed by atoms with Crippen LogP contribution >= 0.6 is 15.9 Å². The van der Waals surface area contributed by atoms with Crippen molar-refractivity contribution in [2.75, 3.05) is 7.11 Å². The summed E-state index contributed by atoms with van der Waals surface area (Å²) < 4.78 is 0.980. The summed E-state index contributed by atoms with van der Waals surface area (Å²) >= 11 is 3.39. The predicted octanol–water partition coefficient (Wildman–Crippen LogP) is 2.52. The average Bonchev–Trinajstić information content (AvgIpc) is 2.37. The normalized spacial score (nSPS) is 15.1. The van der Waals surface area contributed by atoms with Gasteiger partial charge in [-0.2, -0.15) is 5.06 Å². The molecule has 1 aromatic carbocycles. The summed E-state index contributed by atoms with van der Waals surface area (Å²) in [7, 11) is 1.48. The van der Waals surface area contributed by atoms with Gasteiger partial charge in [-0.15, -0.1) is 0 Å². The van der Waals surface area contributed by atoms with E-state index < -0.39 is 0 Å². The lowest BCUT2D eigenvalue weighted by atomic mass is 10.1. The number of hydroxylamine groups is 2. The summed E-state index contributed by atoms with van der Waals surface area (Å²) in [5.74, 6) is -0.131.